The van der Waals surface area contributed by atoms with E-state index in [4.69, 9.17) is 11.5 Å². The molecule has 1 aliphatic carbocycles. The van der Waals surface area contributed by atoms with Gasteiger partial charge in [0.1, 0.15) is 5.82 Å². The van der Waals surface area contributed by atoms with E-state index < -0.39 is 0 Å². The van der Waals surface area contributed by atoms with Crippen molar-refractivity contribution >= 4 is 5.69 Å². The largest absolute Gasteiger partial charge is 0.396 e. The Morgan fingerprint density at radius 3 is 2.92 bits per heavy atom. The summed E-state index contributed by atoms with van der Waals surface area (Å²) in [5.74, 6) is -0.355. The van der Waals surface area contributed by atoms with Crippen molar-refractivity contribution in [3.8, 4) is 0 Å². The van der Waals surface area contributed by atoms with Crippen LogP contribution >= 0.6 is 0 Å². The summed E-state index contributed by atoms with van der Waals surface area (Å²) in [7, 11) is 0. The molecule has 0 saturated heterocycles. The average Bonchev–Trinajstić information content (AvgIpc) is 2.35. The van der Waals surface area contributed by atoms with Crippen molar-refractivity contribution in [2.24, 2.45) is 5.73 Å². The maximum atomic E-state index is 13.0. The minimum Gasteiger partial charge on any atom is -0.396 e. The molecule has 2 rings (SSSR count). The summed E-state index contributed by atoms with van der Waals surface area (Å²) in [5.41, 5.74) is 13.4. The first-order valence-corrected chi connectivity index (χ1v) is 4.02. The Hall–Kier alpha value is -1.09. The van der Waals surface area contributed by atoms with Gasteiger partial charge in [0, 0.05) is 6.04 Å². The van der Waals surface area contributed by atoms with Gasteiger partial charge in [-0.2, -0.15) is 0 Å². The van der Waals surface area contributed by atoms with Gasteiger partial charge in [0.05, 0.1) is 5.69 Å². The minimum absolute atomic E-state index is 0.00454. The number of anilines is 1. The van der Waals surface area contributed by atoms with Crippen molar-refractivity contribution in [1.82, 2.24) is 0 Å². The van der Waals surface area contributed by atoms with Gasteiger partial charge in [-0.25, -0.2) is 4.39 Å². The Morgan fingerprint density at radius 1 is 1.42 bits per heavy atom. The van der Waals surface area contributed by atoms with Gasteiger partial charge < -0.3 is 11.5 Å². The molecule has 1 aliphatic rings. The van der Waals surface area contributed by atoms with Gasteiger partial charge in [0.15, 0.2) is 0 Å². The molecule has 0 amide bonds. The van der Waals surface area contributed by atoms with E-state index in [-0.39, 0.29) is 17.5 Å². The summed E-state index contributed by atoms with van der Waals surface area (Å²) in [4.78, 5) is 0. The van der Waals surface area contributed by atoms with Crippen LogP contribution in [0.5, 0.6) is 0 Å². The van der Waals surface area contributed by atoms with Gasteiger partial charge in [0.25, 0.3) is 0 Å². The first-order valence-electron chi connectivity index (χ1n) is 4.02. The van der Waals surface area contributed by atoms with E-state index in [1.807, 2.05) is 0 Å². The number of nitrogens with two attached hydrogens (primary N) is 2. The molecule has 4 N–H and O–H groups in total. The standard InChI is InChI=1S/C9H11FN2/c10-7-4-6-5(3-9(7)12)1-2-8(6)11/h3-4,8H,1-2,11-12H2/t8-/m1/s1. The molecule has 0 radical (unpaired) electrons. The SMILES string of the molecule is Nc1cc2c(cc1F)[C@H](N)CC2. The van der Waals surface area contributed by atoms with Crippen molar-refractivity contribution < 1.29 is 4.39 Å². The molecule has 0 fully saturated rings. The fourth-order valence-electron chi connectivity index (χ4n) is 1.68. The van der Waals surface area contributed by atoms with Crippen LogP contribution in [-0.4, -0.2) is 0 Å². The zero-order valence-corrected chi connectivity index (χ0v) is 6.68. The molecular weight excluding hydrogens is 155 g/mol. The highest BCUT2D eigenvalue weighted by molar-refractivity contribution is 5.48. The smallest absolute Gasteiger partial charge is 0.146 e. The lowest BCUT2D eigenvalue weighted by atomic mass is 10.1. The summed E-state index contributed by atoms with van der Waals surface area (Å²) < 4.78 is 13.0. The third kappa shape index (κ3) is 0.975. The van der Waals surface area contributed by atoms with Gasteiger partial charge in [-0.05, 0) is 36.1 Å². The molecule has 0 aromatic heterocycles. The van der Waals surface area contributed by atoms with Crippen LogP contribution < -0.4 is 11.5 Å². The zero-order chi connectivity index (χ0) is 8.72. The first kappa shape index (κ1) is 7.55. The van der Waals surface area contributed by atoms with Crippen molar-refractivity contribution in [3.63, 3.8) is 0 Å². The Bertz CT molecular complexity index is 323. The molecule has 12 heavy (non-hydrogen) atoms. The second-order valence-corrected chi connectivity index (χ2v) is 3.22. The molecule has 0 spiro atoms. The van der Waals surface area contributed by atoms with Crippen LogP contribution in [-0.2, 0) is 6.42 Å². The summed E-state index contributed by atoms with van der Waals surface area (Å²) >= 11 is 0. The van der Waals surface area contributed by atoms with Crippen molar-refractivity contribution in [2.75, 3.05) is 5.73 Å². The fraction of sp³-hybridized carbons (Fsp3) is 0.333. The molecule has 0 unspecified atom stereocenters. The number of hydrogen-bond donors (Lipinski definition) is 2. The third-order valence-corrected chi connectivity index (χ3v) is 2.38. The lowest BCUT2D eigenvalue weighted by Gasteiger charge is -2.05. The Morgan fingerprint density at radius 2 is 2.17 bits per heavy atom. The van der Waals surface area contributed by atoms with E-state index in [1.54, 1.807) is 6.07 Å². The zero-order valence-electron chi connectivity index (χ0n) is 6.68. The van der Waals surface area contributed by atoms with Crippen LogP contribution in [0.15, 0.2) is 12.1 Å². The van der Waals surface area contributed by atoms with Crippen molar-refractivity contribution in [3.05, 3.63) is 29.1 Å². The van der Waals surface area contributed by atoms with Crippen LogP contribution in [0.1, 0.15) is 23.6 Å². The molecule has 0 bridgehead atoms. The highest BCUT2D eigenvalue weighted by Crippen LogP contribution is 2.31. The average molecular weight is 166 g/mol. The lowest BCUT2D eigenvalue weighted by Crippen LogP contribution is -2.06. The van der Waals surface area contributed by atoms with E-state index in [1.165, 1.54) is 6.07 Å². The number of aryl methyl sites for hydroxylation is 1. The summed E-state index contributed by atoms with van der Waals surface area (Å²) in [6, 6.07) is 3.15. The quantitative estimate of drug-likeness (QED) is 0.571. The van der Waals surface area contributed by atoms with E-state index in [0.717, 1.165) is 24.0 Å². The number of halogens is 1. The van der Waals surface area contributed by atoms with Crippen LogP contribution in [0.25, 0.3) is 0 Å². The maximum absolute atomic E-state index is 13.0. The molecule has 64 valence electrons. The number of hydrogen-bond acceptors (Lipinski definition) is 2. The number of fused-ring (bicyclic) bond motifs is 1. The number of nitrogen functional groups attached to an aromatic ring is 1. The second kappa shape index (κ2) is 2.45. The monoisotopic (exact) mass is 166 g/mol. The number of rotatable bonds is 0. The van der Waals surface area contributed by atoms with Crippen LogP contribution in [0, 0.1) is 5.82 Å². The Balaban J connectivity index is 2.56. The normalized spacial score (nSPS) is 21.0. The fourth-order valence-corrected chi connectivity index (χ4v) is 1.68. The lowest BCUT2D eigenvalue weighted by molar-refractivity contribution is 0.626. The summed E-state index contributed by atoms with van der Waals surface area (Å²) in [5, 5.41) is 0. The molecule has 2 nitrogen and oxygen atoms in total. The number of benzene rings is 1. The van der Waals surface area contributed by atoms with Gasteiger partial charge in [-0.15, -0.1) is 0 Å². The van der Waals surface area contributed by atoms with Crippen LogP contribution in [0.4, 0.5) is 10.1 Å². The molecule has 1 aromatic rings. The van der Waals surface area contributed by atoms with Gasteiger partial charge in [-0.3, -0.25) is 0 Å². The van der Waals surface area contributed by atoms with E-state index in [0.29, 0.717) is 0 Å². The summed E-state index contributed by atoms with van der Waals surface area (Å²) in [6.45, 7) is 0. The van der Waals surface area contributed by atoms with E-state index in [9.17, 15) is 4.39 Å². The molecular formula is C9H11FN2. The van der Waals surface area contributed by atoms with E-state index >= 15 is 0 Å². The van der Waals surface area contributed by atoms with Gasteiger partial charge in [0.2, 0.25) is 0 Å². The van der Waals surface area contributed by atoms with E-state index in [2.05, 4.69) is 0 Å². The highest BCUT2D eigenvalue weighted by atomic mass is 19.1. The predicted octanol–water partition coefficient (Wildman–Crippen LogP) is 1.35. The van der Waals surface area contributed by atoms with Crippen LogP contribution in [0.2, 0.25) is 0 Å². The molecule has 3 heteroatoms. The van der Waals surface area contributed by atoms with Crippen molar-refractivity contribution in [2.45, 2.75) is 18.9 Å². The molecule has 0 saturated carbocycles. The molecule has 1 atom stereocenters. The Labute approximate surface area is 70.4 Å². The summed E-state index contributed by atoms with van der Waals surface area (Å²) in [6.07, 6.45) is 1.82. The first-order chi connectivity index (χ1) is 5.68. The third-order valence-electron chi connectivity index (χ3n) is 2.38. The molecule has 1 aromatic carbocycles. The molecule has 0 heterocycles. The van der Waals surface area contributed by atoms with Crippen molar-refractivity contribution in [1.29, 1.82) is 0 Å². The topological polar surface area (TPSA) is 52.0 Å². The van der Waals surface area contributed by atoms with Gasteiger partial charge >= 0.3 is 0 Å². The maximum Gasteiger partial charge on any atom is 0.146 e. The molecule has 0 aliphatic heterocycles. The predicted molar refractivity (Wildman–Crippen MR) is 46.1 cm³/mol. The minimum atomic E-state index is -0.355. The van der Waals surface area contributed by atoms with Crippen LogP contribution in [0.3, 0.4) is 0 Å². The Kier molecular flexibility index (Phi) is 1.54. The highest BCUT2D eigenvalue weighted by Gasteiger charge is 2.20. The second-order valence-electron chi connectivity index (χ2n) is 3.22. The van der Waals surface area contributed by atoms with Gasteiger partial charge in [-0.1, -0.05) is 0 Å².